The van der Waals surface area contributed by atoms with Crippen molar-refractivity contribution in [3.8, 4) is 0 Å². The first-order valence-corrected chi connectivity index (χ1v) is 12.4. The van der Waals surface area contributed by atoms with Gasteiger partial charge < -0.3 is 14.5 Å². The number of ether oxygens (including phenoxy) is 1. The van der Waals surface area contributed by atoms with Crippen molar-refractivity contribution in [2.24, 2.45) is 0 Å². The predicted octanol–water partition coefficient (Wildman–Crippen LogP) is 3.41. The molecular formula is C23H24N2O4S2. The zero-order valence-corrected chi connectivity index (χ0v) is 18.8. The molecule has 0 unspecified atom stereocenters. The Labute approximate surface area is 190 Å². The Hall–Kier alpha value is -2.45. The van der Waals surface area contributed by atoms with Crippen molar-refractivity contribution in [1.29, 1.82) is 0 Å². The molecule has 2 aromatic carbocycles. The Morgan fingerprint density at radius 3 is 2.32 bits per heavy atom. The number of benzene rings is 2. The van der Waals surface area contributed by atoms with Crippen LogP contribution in [-0.4, -0.2) is 63.7 Å². The van der Waals surface area contributed by atoms with Gasteiger partial charge >= 0.3 is 5.97 Å². The monoisotopic (exact) mass is 456 g/mol. The summed E-state index contributed by atoms with van der Waals surface area (Å²) < 4.78 is 5.17. The van der Waals surface area contributed by atoms with Gasteiger partial charge in [-0.1, -0.05) is 48.5 Å². The summed E-state index contributed by atoms with van der Waals surface area (Å²) in [6.45, 7) is 2.03. The maximum Gasteiger partial charge on any atom is 0.329 e. The molecule has 3 atom stereocenters. The lowest BCUT2D eigenvalue weighted by atomic mass is 10.1. The van der Waals surface area contributed by atoms with E-state index < -0.39 is 12.1 Å². The molecule has 0 spiro atoms. The molecule has 0 saturated carbocycles. The van der Waals surface area contributed by atoms with E-state index in [9.17, 15) is 14.4 Å². The van der Waals surface area contributed by atoms with E-state index >= 15 is 0 Å². The minimum absolute atomic E-state index is 0.183. The van der Waals surface area contributed by atoms with Gasteiger partial charge in [0.2, 0.25) is 5.91 Å². The van der Waals surface area contributed by atoms with Gasteiger partial charge in [-0.05, 0) is 24.6 Å². The van der Waals surface area contributed by atoms with Crippen LogP contribution in [0.25, 0.3) is 0 Å². The third kappa shape index (κ3) is 4.45. The molecule has 2 amide bonds. The fourth-order valence-corrected chi connectivity index (χ4v) is 6.40. The van der Waals surface area contributed by atoms with E-state index in [4.69, 9.17) is 4.74 Å². The van der Waals surface area contributed by atoms with Gasteiger partial charge in [-0.15, -0.1) is 23.5 Å². The molecule has 2 saturated heterocycles. The predicted molar refractivity (Wildman–Crippen MR) is 123 cm³/mol. The molecule has 0 bridgehead atoms. The quantitative estimate of drug-likeness (QED) is 0.643. The fraction of sp³-hybridized carbons (Fsp3) is 0.348. The molecule has 31 heavy (non-hydrogen) atoms. The molecule has 0 N–H and O–H groups in total. The Bertz CT molecular complexity index is 941. The van der Waals surface area contributed by atoms with E-state index in [-0.39, 0.29) is 29.8 Å². The van der Waals surface area contributed by atoms with E-state index in [1.165, 1.54) is 11.8 Å². The van der Waals surface area contributed by atoms with Crippen LogP contribution in [0.15, 0.2) is 60.7 Å². The maximum atomic E-state index is 13.6. The van der Waals surface area contributed by atoms with Crippen LogP contribution in [-0.2, 0) is 14.3 Å². The highest BCUT2D eigenvalue weighted by molar-refractivity contribution is 8.00. The van der Waals surface area contributed by atoms with E-state index in [0.29, 0.717) is 22.9 Å². The standard InChI is InChI=1S/C23H24N2O4S2/c1-2-29-23(28)19-13-30-15-24(19)21(27)18-14-31-22(17-11-7-4-8-12-17)25(18)20(26)16-9-5-3-6-10-16/h3-12,18-19,22H,2,13-15H2,1H3/t18-,19-,22+/m0/s1. The smallest absolute Gasteiger partial charge is 0.329 e. The van der Waals surface area contributed by atoms with Gasteiger partial charge in [0.25, 0.3) is 5.91 Å². The third-order valence-corrected chi connectivity index (χ3v) is 7.68. The molecule has 2 aliphatic rings. The van der Waals surface area contributed by atoms with Gasteiger partial charge in [-0.25, -0.2) is 4.79 Å². The number of hydrogen-bond donors (Lipinski definition) is 0. The number of nitrogens with zero attached hydrogens (tertiary/aromatic N) is 2. The van der Waals surface area contributed by atoms with E-state index in [1.54, 1.807) is 40.6 Å². The third-order valence-electron chi connectivity index (χ3n) is 5.35. The average molecular weight is 457 g/mol. The number of hydrogen-bond acceptors (Lipinski definition) is 6. The largest absolute Gasteiger partial charge is 0.464 e. The van der Waals surface area contributed by atoms with Crippen molar-refractivity contribution < 1.29 is 19.1 Å². The van der Waals surface area contributed by atoms with Crippen LogP contribution < -0.4 is 0 Å². The lowest BCUT2D eigenvalue weighted by Crippen LogP contribution is -2.53. The minimum atomic E-state index is -0.640. The van der Waals surface area contributed by atoms with Gasteiger partial charge in [0.05, 0.1) is 12.5 Å². The van der Waals surface area contributed by atoms with Crippen LogP contribution >= 0.6 is 23.5 Å². The van der Waals surface area contributed by atoms with Crippen LogP contribution in [0, 0.1) is 0 Å². The van der Waals surface area contributed by atoms with Crippen molar-refractivity contribution in [3.05, 3.63) is 71.8 Å². The molecule has 6 nitrogen and oxygen atoms in total. The molecule has 2 heterocycles. The highest BCUT2D eigenvalue weighted by atomic mass is 32.2. The zero-order chi connectivity index (χ0) is 21.8. The van der Waals surface area contributed by atoms with Crippen LogP contribution in [0.2, 0.25) is 0 Å². The molecule has 2 aliphatic heterocycles. The number of esters is 1. The van der Waals surface area contributed by atoms with Gasteiger partial charge in [0, 0.05) is 17.1 Å². The van der Waals surface area contributed by atoms with Crippen LogP contribution in [0.1, 0.15) is 28.2 Å². The molecule has 2 aromatic rings. The van der Waals surface area contributed by atoms with Gasteiger partial charge in [-0.3, -0.25) is 9.59 Å². The lowest BCUT2D eigenvalue weighted by Gasteiger charge is -2.32. The Kier molecular flexibility index (Phi) is 6.87. The highest BCUT2D eigenvalue weighted by Gasteiger charge is 2.47. The van der Waals surface area contributed by atoms with Gasteiger partial charge in [-0.2, -0.15) is 0 Å². The molecule has 162 valence electrons. The van der Waals surface area contributed by atoms with Crippen molar-refractivity contribution in [2.45, 2.75) is 24.4 Å². The van der Waals surface area contributed by atoms with E-state index in [2.05, 4.69) is 0 Å². The van der Waals surface area contributed by atoms with Crippen molar-refractivity contribution in [3.63, 3.8) is 0 Å². The van der Waals surface area contributed by atoms with Crippen molar-refractivity contribution >= 4 is 41.3 Å². The summed E-state index contributed by atoms with van der Waals surface area (Å²) in [6.07, 6.45) is 0. The maximum absolute atomic E-state index is 13.6. The summed E-state index contributed by atoms with van der Waals surface area (Å²) in [5.74, 6) is 0.655. The molecular weight excluding hydrogens is 432 g/mol. The topological polar surface area (TPSA) is 66.9 Å². The second kappa shape index (κ2) is 9.78. The zero-order valence-electron chi connectivity index (χ0n) is 17.2. The number of rotatable bonds is 5. The van der Waals surface area contributed by atoms with Crippen LogP contribution in [0.3, 0.4) is 0 Å². The summed E-state index contributed by atoms with van der Waals surface area (Å²) in [7, 11) is 0. The average Bonchev–Trinajstić information content (AvgIpc) is 3.47. The minimum Gasteiger partial charge on any atom is -0.464 e. The summed E-state index contributed by atoms with van der Waals surface area (Å²) in [5, 5.41) is -0.265. The number of thioether (sulfide) groups is 2. The van der Waals surface area contributed by atoms with Gasteiger partial charge in [0.1, 0.15) is 17.5 Å². The Balaban J connectivity index is 1.64. The molecule has 0 aromatic heterocycles. The summed E-state index contributed by atoms with van der Waals surface area (Å²) in [5.41, 5.74) is 1.52. The van der Waals surface area contributed by atoms with E-state index in [1.807, 2.05) is 48.5 Å². The normalized spacial score (nSPS) is 23.1. The summed E-state index contributed by atoms with van der Waals surface area (Å²) >= 11 is 3.11. The summed E-state index contributed by atoms with van der Waals surface area (Å²) in [4.78, 5) is 42.8. The summed E-state index contributed by atoms with van der Waals surface area (Å²) in [6, 6.07) is 17.5. The van der Waals surface area contributed by atoms with Crippen molar-refractivity contribution in [1.82, 2.24) is 9.80 Å². The Morgan fingerprint density at radius 2 is 1.65 bits per heavy atom. The molecule has 8 heteroatoms. The van der Waals surface area contributed by atoms with Gasteiger partial charge in [0.15, 0.2) is 0 Å². The van der Waals surface area contributed by atoms with Crippen LogP contribution in [0.5, 0.6) is 0 Å². The fourth-order valence-electron chi connectivity index (χ4n) is 3.83. The molecule has 4 rings (SSSR count). The van der Waals surface area contributed by atoms with Crippen LogP contribution in [0.4, 0.5) is 0 Å². The number of carbonyl (C=O) groups excluding carboxylic acids is 3. The first kappa shape index (κ1) is 21.8. The van der Waals surface area contributed by atoms with Crippen molar-refractivity contribution in [2.75, 3.05) is 24.0 Å². The second-order valence-electron chi connectivity index (χ2n) is 7.27. The lowest BCUT2D eigenvalue weighted by molar-refractivity contribution is -0.153. The SMILES string of the molecule is CCOC(=O)[C@@H]1CSCN1C(=O)[C@@H]1CS[C@H](c2ccccc2)N1C(=O)c1ccccc1. The number of amides is 2. The Morgan fingerprint density at radius 1 is 0.968 bits per heavy atom. The molecule has 0 aliphatic carbocycles. The number of carbonyl (C=O) groups is 3. The second-order valence-corrected chi connectivity index (χ2v) is 9.38. The highest BCUT2D eigenvalue weighted by Crippen LogP contribution is 2.43. The first-order chi connectivity index (χ1) is 15.1. The molecule has 2 fully saturated rings. The molecule has 0 radical (unpaired) electrons. The first-order valence-electron chi connectivity index (χ1n) is 10.2. The van der Waals surface area contributed by atoms with E-state index in [0.717, 1.165) is 5.56 Å².